The Morgan fingerprint density at radius 3 is 1.88 bits per heavy atom. The van der Waals surface area contributed by atoms with Crippen molar-refractivity contribution in [2.45, 2.75) is 12.1 Å². The van der Waals surface area contributed by atoms with Crippen molar-refractivity contribution in [2.75, 3.05) is 0 Å². The van der Waals surface area contributed by atoms with Gasteiger partial charge in [-0.25, -0.2) is 0 Å². The number of benzene rings is 1. The normalized spacial score (nSPS) is 13.9. The van der Waals surface area contributed by atoms with Crippen LogP contribution in [0.15, 0.2) is 29.4 Å². The first kappa shape index (κ1) is 13.7. The minimum atomic E-state index is -5.84. The van der Waals surface area contributed by atoms with Gasteiger partial charge in [0.05, 0.1) is 0 Å². The Labute approximate surface area is 97.3 Å². The fourth-order valence-corrected chi connectivity index (χ4v) is 1.17. The van der Waals surface area contributed by atoms with Gasteiger partial charge < -0.3 is 5.21 Å². The van der Waals surface area contributed by atoms with E-state index in [1.807, 2.05) is 5.16 Å². The van der Waals surface area contributed by atoms with E-state index in [9.17, 15) is 22.0 Å². The van der Waals surface area contributed by atoms with E-state index in [0.29, 0.717) is 0 Å². The van der Waals surface area contributed by atoms with E-state index in [0.717, 1.165) is 24.3 Å². The van der Waals surface area contributed by atoms with Crippen molar-refractivity contribution >= 4 is 17.3 Å². The van der Waals surface area contributed by atoms with Crippen LogP contribution in [0.3, 0.4) is 0 Å². The van der Waals surface area contributed by atoms with Crippen molar-refractivity contribution < 1.29 is 27.2 Å². The molecule has 0 saturated carbocycles. The van der Waals surface area contributed by atoms with Gasteiger partial charge >= 0.3 is 12.1 Å². The highest BCUT2D eigenvalue weighted by Gasteiger charge is 2.62. The van der Waals surface area contributed by atoms with Gasteiger partial charge in [-0.05, 0) is 12.1 Å². The zero-order chi connectivity index (χ0) is 13.3. The molecule has 0 heterocycles. The van der Waals surface area contributed by atoms with Crippen molar-refractivity contribution in [3.05, 3.63) is 34.9 Å². The fraction of sp³-hybridized carbons (Fsp3) is 0.222. The number of halogens is 6. The zero-order valence-electron chi connectivity index (χ0n) is 7.97. The van der Waals surface area contributed by atoms with E-state index in [-0.39, 0.29) is 5.02 Å². The fourth-order valence-electron chi connectivity index (χ4n) is 1.04. The highest BCUT2D eigenvalue weighted by atomic mass is 35.5. The predicted octanol–water partition coefficient (Wildman–Crippen LogP) is 3.72. The van der Waals surface area contributed by atoms with Crippen LogP contribution in [0, 0.1) is 0 Å². The van der Waals surface area contributed by atoms with E-state index >= 15 is 0 Å². The van der Waals surface area contributed by atoms with Gasteiger partial charge in [0.15, 0.2) is 5.71 Å². The van der Waals surface area contributed by atoms with Crippen molar-refractivity contribution in [3.63, 3.8) is 0 Å². The molecule has 0 bridgehead atoms. The third kappa shape index (κ3) is 2.66. The highest BCUT2D eigenvalue weighted by Crippen LogP contribution is 2.38. The second-order valence-corrected chi connectivity index (χ2v) is 3.46. The summed E-state index contributed by atoms with van der Waals surface area (Å²) >= 11 is 5.45. The number of nitrogens with zero attached hydrogens (tertiary/aromatic N) is 1. The Hall–Kier alpha value is -1.37. The number of alkyl halides is 5. The van der Waals surface area contributed by atoms with Crippen LogP contribution in [-0.2, 0) is 0 Å². The maximum absolute atomic E-state index is 12.9. The first-order chi connectivity index (χ1) is 7.70. The molecule has 0 radical (unpaired) electrons. The second-order valence-electron chi connectivity index (χ2n) is 3.03. The van der Waals surface area contributed by atoms with Crippen LogP contribution in [0.25, 0.3) is 0 Å². The third-order valence-electron chi connectivity index (χ3n) is 1.87. The van der Waals surface area contributed by atoms with Gasteiger partial charge in [0.2, 0.25) is 0 Å². The molecular weight excluding hydrogens is 269 g/mol. The van der Waals surface area contributed by atoms with E-state index in [4.69, 9.17) is 16.8 Å². The SMILES string of the molecule is O/N=C(/c1ccc(Cl)cc1)C(F)(F)C(F)(F)F. The lowest BCUT2D eigenvalue weighted by Gasteiger charge is -2.20. The molecule has 1 N–H and O–H groups in total. The summed E-state index contributed by atoms with van der Waals surface area (Å²) in [7, 11) is 0. The molecule has 2 nitrogen and oxygen atoms in total. The molecule has 8 heteroatoms. The van der Waals surface area contributed by atoms with E-state index in [2.05, 4.69) is 0 Å². The third-order valence-corrected chi connectivity index (χ3v) is 2.12. The molecule has 0 spiro atoms. The van der Waals surface area contributed by atoms with Gasteiger partial charge in [0.25, 0.3) is 0 Å². The van der Waals surface area contributed by atoms with Crippen molar-refractivity contribution in [3.8, 4) is 0 Å². The standard InChI is InChI=1S/C9H5ClF5NO/c10-6-3-1-5(2-4-6)7(16-17)8(11,12)9(13,14)15/h1-4,17H/b16-7-. The van der Waals surface area contributed by atoms with Gasteiger partial charge in [-0.15, -0.1) is 0 Å². The minimum Gasteiger partial charge on any atom is -0.410 e. The number of oxime groups is 1. The highest BCUT2D eigenvalue weighted by molar-refractivity contribution is 6.30. The van der Waals surface area contributed by atoms with Crippen LogP contribution >= 0.6 is 11.6 Å². The molecule has 17 heavy (non-hydrogen) atoms. The first-order valence-electron chi connectivity index (χ1n) is 4.13. The maximum atomic E-state index is 12.9. The molecule has 1 rings (SSSR count). The maximum Gasteiger partial charge on any atom is 0.459 e. The molecule has 1 aromatic rings. The Morgan fingerprint density at radius 2 is 1.53 bits per heavy atom. The minimum absolute atomic E-state index is 0.154. The Morgan fingerprint density at radius 1 is 1.06 bits per heavy atom. The first-order valence-corrected chi connectivity index (χ1v) is 4.51. The van der Waals surface area contributed by atoms with E-state index in [1.54, 1.807) is 0 Å². The molecular formula is C9H5ClF5NO. The van der Waals surface area contributed by atoms with Crippen molar-refractivity contribution in [2.24, 2.45) is 5.16 Å². The topological polar surface area (TPSA) is 32.6 Å². The van der Waals surface area contributed by atoms with Crippen LogP contribution < -0.4 is 0 Å². The molecule has 0 aliphatic carbocycles. The monoisotopic (exact) mass is 273 g/mol. The van der Waals surface area contributed by atoms with Gasteiger partial charge in [0, 0.05) is 10.6 Å². The summed E-state index contributed by atoms with van der Waals surface area (Å²) in [5.74, 6) is -5.24. The summed E-state index contributed by atoms with van der Waals surface area (Å²) in [6.45, 7) is 0. The Kier molecular flexibility index (Phi) is 3.61. The summed E-state index contributed by atoms with van der Waals surface area (Å²) in [6.07, 6.45) is -5.84. The molecule has 0 saturated heterocycles. The van der Waals surface area contributed by atoms with Crippen LogP contribution in [0.4, 0.5) is 22.0 Å². The summed E-state index contributed by atoms with van der Waals surface area (Å²) in [4.78, 5) is 0. The molecule has 0 aliphatic rings. The molecule has 0 atom stereocenters. The molecule has 0 fully saturated rings. The summed E-state index contributed by atoms with van der Waals surface area (Å²) in [5, 5.41) is 10.5. The van der Waals surface area contributed by atoms with Gasteiger partial charge in [-0.3, -0.25) is 0 Å². The number of rotatable bonds is 2. The average molecular weight is 274 g/mol. The molecule has 1 aromatic carbocycles. The predicted molar refractivity (Wildman–Crippen MR) is 50.8 cm³/mol. The Balaban J connectivity index is 3.22. The lowest BCUT2D eigenvalue weighted by molar-refractivity contribution is -0.249. The van der Waals surface area contributed by atoms with Crippen LogP contribution in [-0.4, -0.2) is 23.0 Å². The van der Waals surface area contributed by atoms with Gasteiger partial charge in [0.1, 0.15) is 0 Å². The Bertz CT molecular complexity index is 426. The second kappa shape index (κ2) is 4.48. The summed E-state index contributed by atoms with van der Waals surface area (Å²) in [5.41, 5.74) is -2.35. The molecule has 0 unspecified atom stereocenters. The van der Waals surface area contributed by atoms with Gasteiger partial charge in [-0.2, -0.15) is 22.0 Å². The quantitative estimate of drug-likeness (QED) is 0.379. The smallest absolute Gasteiger partial charge is 0.410 e. The summed E-state index contributed by atoms with van der Waals surface area (Å²) < 4.78 is 62.1. The van der Waals surface area contributed by atoms with Crippen LogP contribution in [0.1, 0.15) is 5.56 Å². The summed E-state index contributed by atoms with van der Waals surface area (Å²) in [6, 6.07) is 4.01. The largest absolute Gasteiger partial charge is 0.459 e. The van der Waals surface area contributed by atoms with Crippen molar-refractivity contribution in [1.29, 1.82) is 0 Å². The van der Waals surface area contributed by atoms with Crippen molar-refractivity contribution in [1.82, 2.24) is 0 Å². The average Bonchev–Trinajstić information content (AvgIpc) is 2.20. The van der Waals surface area contributed by atoms with E-state index < -0.39 is 23.4 Å². The van der Waals surface area contributed by atoms with Gasteiger partial charge in [-0.1, -0.05) is 28.9 Å². The molecule has 94 valence electrons. The molecule has 0 amide bonds. The molecule has 0 aliphatic heterocycles. The van der Waals surface area contributed by atoms with Crippen LogP contribution in [0.5, 0.6) is 0 Å². The lowest BCUT2D eigenvalue weighted by atomic mass is 10.0. The lowest BCUT2D eigenvalue weighted by Crippen LogP contribution is -2.44. The number of hydrogen-bond donors (Lipinski definition) is 1. The number of hydrogen-bond acceptors (Lipinski definition) is 2. The molecule has 0 aromatic heterocycles. The van der Waals surface area contributed by atoms with Crippen LogP contribution in [0.2, 0.25) is 5.02 Å². The van der Waals surface area contributed by atoms with E-state index in [1.165, 1.54) is 0 Å². The zero-order valence-corrected chi connectivity index (χ0v) is 8.73.